The number of benzene rings is 2. The van der Waals surface area contributed by atoms with Crippen molar-refractivity contribution in [2.24, 2.45) is 0 Å². The fourth-order valence-electron chi connectivity index (χ4n) is 3.04. The lowest BCUT2D eigenvalue weighted by Gasteiger charge is -2.06. The average Bonchev–Trinajstić information content (AvgIpc) is 3.41. The molecule has 0 atom stereocenters. The molecule has 1 N–H and O–H groups in total. The molecule has 0 bridgehead atoms. The number of nitrogens with zero attached hydrogens (tertiary/aromatic N) is 3. The van der Waals surface area contributed by atoms with Crippen LogP contribution < -0.4 is 10.1 Å². The Morgan fingerprint density at radius 3 is 2.58 bits per heavy atom. The van der Waals surface area contributed by atoms with Gasteiger partial charge < -0.3 is 10.1 Å². The van der Waals surface area contributed by atoms with Crippen molar-refractivity contribution in [2.75, 3.05) is 11.9 Å². The molecular weight excluding hydrogens is 412 g/mol. The molecule has 2 aromatic carbocycles. The number of unbranched alkanes of at least 4 members (excludes halogenated alkanes) is 1. The fourth-order valence-corrected chi connectivity index (χ4v) is 3.96. The minimum atomic E-state index is -0.361. The van der Waals surface area contributed by atoms with Crippen LogP contribution in [0.4, 0.5) is 5.82 Å². The summed E-state index contributed by atoms with van der Waals surface area (Å²) in [5.74, 6) is 0.665. The van der Waals surface area contributed by atoms with Crippen molar-refractivity contribution in [1.82, 2.24) is 15.3 Å². The third-order valence-corrected chi connectivity index (χ3v) is 5.62. The summed E-state index contributed by atoms with van der Waals surface area (Å²) in [5, 5.41) is 11.4. The Balaban J connectivity index is 1.54. The van der Waals surface area contributed by atoms with Crippen molar-refractivity contribution in [3.63, 3.8) is 0 Å². The number of carbonyl (C=O) groups is 1. The van der Waals surface area contributed by atoms with Gasteiger partial charge in [-0.1, -0.05) is 43.7 Å². The molecule has 2 heterocycles. The van der Waals surface area contributed by atoms with Crippen molar-refractivity contribution in [1.29, 1.82) is 0 Å². The van der Waals surface area contributed by atoms with E-state index in [4.69, 9.17) is 9.37 Å². The van der Waals surface area contributed by atoms with E-state index in [1.54, 1.807) is 0 Å². The number of aryl methyl sites for hydroxylation is 1. The van der Waals surface area contributed by atoms with Crippen LogP contribution in [0.15, 0.2) is 59.2 Å². The highest BCUT2D eigenvalue weighted by atomic mass is 32.1. The van der Waals surface area contributed by atoms with Crippen molar-refractivity contribution >= 4 is 23.1 Å². The highest BCUT2D eigenvalue weighted by molar-refractivity contribution is 7.15. The van der Waals surface area contributed by atoms with Gasteiger partial charge >= 0.3 is 0 Å². The number of carbonyl (C=O) groups excluding carboxylic acids is 1. The van der Waals surface area contributed by atoms with E-state index in [0.29, 0.717) is 18.0 Å². The molecule has 0 saturated heterocycles. The quantitative estimate of drug-likeness (QED) is 0.363. The van der Waals surface area contributed by atoms with Crippen LogP contribution in [-0.4, -0.2) is 27.8 Å². The number of nitrogens with one attached hydrogen (secondary N) is 1. The van der Waals surface area contributed by atoms with Gasteiger partial charge in [-0.2, -0.15) is 0 Å². The smallest absolute Gasteiger partial charge is 0.277 e. The number of amides is 1. The lowest BCUT2D eigenvalue weighted by Crippen LogP contribution is -2.14. The van der Waals surface area contributed by atoms with Gasteiger partial charge in [0, 0.05) is 5.56 Å². The Bertz CT molecular complexity index is 1150. The maximum atomic E-state index is 13.0. The summed E-state index contributed by atoms with van der Waals surface area (Å²) in [4.78, 5) is 18.2. The first kappa shape index (κ1) is 20.7. The largest absolute Gasteiger partial charge is 0.494 e. The first-order valence-corrected chi connectivity index (χ1v) is 10.9. The number of rotatable bonds is 8. The Kier molecular flexibility index (Phi) is 6.37. The van der Waals surface area contributed by atoms with Gasteiger partial charge in [0.2, 0.25) is 5.82 Å². The molecule has 0 unspecified atom stereocenters. The van der Waals surface area contributed by atoms with Crippen molar-refractivity contribution in [2.45, 2.75) is 26.7 Å². The molecule has 0 aliphatic heterocycles. The van der Waals surface area contributed by atoms with E-state index in [1.165, 1.54) is 11.3 Å². The monoisotopic (exact) mass is 434 g/mol. The molecular formula is C23H22N4O3S. The zero-order valence-corrected chi connectivity index (χ0v) is 18.1. The molecule has 0 radical (unpaired) electrons. The number of ether oxygens (including phenoxy) is 1. The van der Waals surface area contributed by atoms with Crippen molar-refractivity contribution in [3.8, 4) is 27.4 Å². The number of thiazole rings is 1. The highest BCUT2D eigenvalue weighted by Crippen LogP contribution is 2.32. The van der Waals surface area contributed by atoms with Crippen LogP contribution in [0, 0.1) is 6.92 Å². The van der Waals surface area contributed by atoms with Crippen LogP contribution in [0.5, 0.6) is 5.75 Å². The standard InChI is InChI=1S/C23H22N4O3S/c1-3-4-14-29-18-12-10-16(11-13-18)19-22(27-30-26-19)25-23(28)20-21(31-15(2)24-20)17-8-6-5-7-9-17/h5-13H,3-4,14H2,1-2H3,(H,25,27,28). The van der Waals surface area contributed by atoms with E-state index in [0.717, 1.165) is 39.6 Å². The topological polar surface area (TPSA) is 90.1 Å². The number of hydrogen-bond donors (Lipinski definition) is 1. The van der Waals surface area contributed by atoms with E-state index in [9.17, 15) is 4.79 Å². The highest BCUT2D eigenvalue weighted by Gasteiger charge is 2.22. The summed E-state index contributed by atoms with van der Waals surface area (Å²) in [6.45, 7) is 4.68. The molecule has 0 aliphatic rings. The zero-order chi connectivity index (χ0) is 21.6. The minimum absolute atomic E-state index is 0.245. The summed E-state index contributed by atoms with van der Waals surface area (Å²) in [6.07, 6.45) is 2.09. The summed E-state index contributed by atoms with van der Waals surface area (Å²) in [5.41, 5.74) is 2.50. The number of hydrogen-bond acceptors (Lipinski definition) is 7. The van der Waals surface area contributed by atoms with Gasteiger partial charge in [-0.15, -0.1) is 11.3 Å². The normalized spacial score (nSPS) is 10.8. The van der Waals surface area contributed by atoms with Crippen LogP contribution in [0.3, 0.4) is 0 Å². The van der Waals surface area contributed by atoms with Crippen LogP contribution >= 0.6 is 11.3 Å². The van der Waals surface area contributed by atoms with E-state index in [-0.39, 0.29) is 11.7 Å². The Labute approximate surface area is 184 Å². The molecule has 4 aromatic rings. The second-order valence-corrected chi connectivity index (χ2v) is 8.12. The second kappa shape index (κ2) is 9.53. The third-order valence-electron chi connectivity index (χ3n) is 4.60. The maximum absolute atomic E-state index is 13.0. The molecule has 2 aromatic heterocycles. The number of aromatic nitrogens is 3. The van der Waals surface area contributed by atoms with Crippen LogP contribution in [0.2, 0.25) is 0 Å². The van der Waals surface area contributed by atoms with Crippen LogP contribution in [0.1, 0.15) is 35.3 Å². The lowest BCUT2D eigenvalue weighted by atomic mass is 10.1. The molecule has 158 valence electrons. The second-order valence-electron chi connectivity index (χ2n) is 6.92. The molecule has 0 spiro atoms. The molecule has 31 heavy (non-hydrogen) atoms. The number of anilines is 1. The summed E-state index contributed by atoms with van der Waals surface area (Å²) < 4.78 is 10.6. The van der Waals surface area contributed by atoms with Crippen LogP contribution in [0.25, 0.3) is 21.7 Å². The van der Waals surface area contributed by atoms with Crippen molar-refractivity contribution < 1.29 is 14.2 Å². The van der Waals surface area contributed by atoms with Gasteiger partial charge in [-0.3, -0.25) is 4.79 Å². The van der Waals surface area contributed by atoms with Gasteiger partial charge in [-0.05, 0) is 53.5 Å². The molecule has 0 fully saturated rings. The average molecular weight is 435 g/mol. The molecule has 0 aliphatic carbocycles. The molecule has 1 amide bonds. The fraction of sp³-hybridized carbons (Fsp3) is 0.217. The molecule has 8 heteroatoms. The van der Waals surface area contributed by atoms with Crippen LogP contribution in [-0.2, 0) is 0 Å². The SMILES string of the molecule is CCCCOc1ccc(-c2nonc2NC(=O)c2nc(C)sc2-c2ccccc2)cc1. The van der Waals surface area contributed by atoms with E-state index < -0.39 is 0 Å². The van der Waals surface area contributed by atoms with Gasteiger partial charge in [0.25, 0.3) is 5.91 Å². The van der Waals surface area contributed by atoms with Gasteiger partial charge in [-0.25, -0.2) is 9.61 Å². The van der Waals surface area contributed by atoms with Crippen molar-refractivity contribution in [3.05, 3.63) is 65.3 Å². The minimum Gasteiger partial charge on any atom is -0.494 e. The lowest BCUT2D eigenvalue weighted by molar-refractivity contribution is 0.102. The summed E-state index contributed by atoms with van der Waals surface area (Å²) in [7, 11) is 0. The van der Waals surface area contributed by atoms with E-state index >= 15 is 0 Å². The van der Waals surface area contributed by atoms with Gasteiger partial charge in [0.05, 0.1) is 16.5 Å². The van der Waals surface area contributed by atoms with E-state index in [1.807, 2.05) is 61.5 Å². The first-order valence-electron chi connectivity index (χ1n) is 10.1. The Morgan fingerprint density at radius 2 is 1.84 bits per heavy atom. The zero-order valence-electron chi connectivity index (χ0n) is 17.3. The van der Waals surface area contributed by atoms with E-state index in [2.05, 4.69) is 27.5 Å². The Morgan fingerprint density at radius 1 is 1.06 bits per heavy atom. The van der Waals surface area contributed by atoms with Gasteiger partial charge in [0.15, 0.2) is 5.69 Å². The Hall–Kier alpha value is -3.52. The summed E-state index contributed by atoms with van der Waals surface area (Å²) >= 11 is 1.47. The summed E-state index contributed by atoms with van der Waals surface area (Å²) in [6, 6.07) is 17.2. The molecule has 7 nitrogen and oxygen atoms in total. The predicted octanol–water partition coefficient (Wildman–Crippen LogP) is 5.60. The maximum Gasteiger partial charge on any atom is 0.277 e. The molecule has 0 saturated carbocycles. The first-order chi connectivity index (χ1) is 15.2. The third kappa shape index (κ3) is 4.80. The van der Waals surface area contributed by atoms with Gasteiger partial charge in [0.1, 0.15) is 11.4 Å². The molecule has 4 rings (SSSR count). The predicted molar refractivity (Wildman–Crippen MR) is 120 cm³/mol.